The van der Waals surface area contributed by atoms with Crippen LogP contribution in [0.1, 0.15) is 18.7 Å². The summed E-state index contributed by atoms with van der Waals surface area (Å²) in [5.41, 5.74) is 5.69. The zero-order valence-corrected chi connectivity index (χ0v) is 11.7. The second-order valence-corrected chi connectivity index (χ2v) is 5.49. The predicted octanol–water partition coefficient (Wildman–Crippen LogP) is -0.277. The Kier molecular flexibility index (Phi) is 4.16. The van der Waals surface area contributed by atoms with E-state index in [0.717, 1.165) is 19.4 Å². The van der Waals surface area contributed by atoms with E-state index in [1.165, 1.54) is 0 Å². The van der Waals surface area contributed by atoms with Crippen molar-refractivity contribution in [2.75, 3.05) is 38.3 Å². The van der Waals surface area contributed by atoms with Crippen molar-refractivity contribution in [3.05, 3.63) is 5.82 Å². The Morgan fingerprint density at radius 2 is 1.89 bits per heavy atom. The Labute approximate surface area is 113 Å². The van der Waals surface area contributed by atoms with Crippen LogP contribution >= 0.6 is 0 Å². The molecule has 1 saturated carbocycles. The molecule has 3 N–H and O–H groups in total. The fraction of sp³-hybridized carbons (Fsp3) is 0.750. The van der Waals surface area contributed by atoms with Crippen molar-refractivity contribution in [3.8, 4) is 0 Å². The van der Waals surface area contributed by atoms with Gasteiger partial charge in [0, 0.05) is 20.6 Å². The Bertz CT molecular complexity index is 432. The van der Waals surface area contributed by atoms with Crippen molar-refractivity contribution in [2.24, 2.45) is 5.92 Å². The quantitative estimate of drug-likeness (QED) is 0.757. The monoisotopic (exact) mass is 266 g/mol. The van der Waals surface area contributed by atoms with Gasteiger partial charge in [0.25, 0.3) is 0 Å². The molecule has 0 amide bonds. The van der Waals surface area contributed by atoms with Crippen molar-refractivity contribution in [2.45, 2.75) is 25.5 Å². The van der Waals surface area contributed by atoms with Crippen LogP contribution in [0.25, 0.3) is 0 Å². The van der Waals surface area contributed by atoms with Crippen LogP contribution < -0.4 is 10.6 Å². The number of nitrogens with zero attached hydrogens (tertiary/aromatic N) is 5. The Morgan fingerprint density at radius 3 is 2.47 bits per heavy atom. The molecule has 1 aromatic heterocycles. The number of aromatic nitrogens is 3. The molecule has 106 valence electrons. The molecular formula is C12H22N6O. The highest BCUT2D eigenvalue weighted by Crippen LogP contribution is 2.27. The molecular weight excluding hydrogens is 244 g/mol. The lowest BCUT2D eigenvalue weighted by atomic mass is 9.82. The Hall–Kier alpha value is -1.47. The van der Waals surface area contributed by atoms with Crippen molar-refractivity contribution < 1.29 is 5.11 Å². The SMILES string of the molecule is CN(Cc1nc(N)nc(N(C)C)n1)CC1CC(O)C1. The van der Waals surface area contributed by atoms with E-state index in [1.54, 1.807) is 0 Å². The lowest BCUT2D eigenvalue weighted by Crippen LogP contribution is -2.37. The maximum Gasteiger partial charge on any atom is 0.229 e. The predicted molar refractivity (Wildman–Crippen MR) is 73.6 cm³/mol. The van der Waals surface area contributed by atoms with E-state index in [0.29, 0.717) is 24.2 Å². The third-order valence-electron chi connectivity index (χ3n) is 3.28. The van der Waals surface area contributed by atoms with Gasteiger partial charge in [0.15, 0.2) is 0 Å². The molecule has 0 unspecified atom stereocenters. The average Bonchev–Trinajstić information content (AvgIpc) is 2.25. The van der Waals surface area contributed by atoms with Crippen molar-refractivity contribution in [3.63, 3.8) is 0 Å². The third kappa shape index (κ3) is 3.74. The summed E-state index contributed by atoms with van der Waals surface area (Å²) in [6, 6.07) is 0. The molecule has 1 heterocycles. The van der Waals surface area contributed by atoms with Crippen LogP contribution in [0.15, 0.2) is 0 Å². The summed E-state index contributed by atoms with van der Waals surface area (Å²) in [7, 11) is 5.77. The average molecular weight is 266 g/mol. The van der Waals surface area contributed by atoms with E-state index >= 15 is 0 Å². The highest BCUT2D eigenvalue weighted by Gasteiger charge is 2.28. The number of rotatable bonds is 5. The van der Waals surface area contributed by atoms with Crippen LogP contribution in [0.3, 0.4) is 0 Å². The number of hydrogen-bond donors (Lipinski definition) is 2. The van der Waals surface area contributed by atoms with E-state index < -0.39 is 0 Å². The number of aliphatic hydroxyl groups is 1. The van der Waals surface area contributed by atoms with Crippen LogP contribution in [0, 0.1) is 5.92 Å². The fourth-order valence-corrected chi connectivity index (χ4v) is 2.29. The first-order valence-electron chi connectivity index (χ1n) is 6.48. The Balaban J connectivity index is 1.94. The molecule has 2 rings (SSSR count). The molecule has 7 nitrogen and oxygen atoms in total. The maximum atomic E-state index is 9.28. The van der Waals surface area contributed by atoms with Gasteiger partial charge >= 0.3 is 0 Å². The summed E-state index contributed by atoms with van der Waals surface area (Å²) in [5, 5.41) is 9.28. The zero-order valence-electron chi connectivity index (χ0n) is 11.7. The van der Waals surface area contributed by atoms with Gasteiger partial charge in [-0.15, -0.1) is 0 Å². The zero-order chi connectivity index (χ0) is 14.0. The topological polar surface area (TPSA) is 91.4 Å². The second-order valence-electron chi connectivity index (χ2n) is 5.49. The summed E-state index contributed by atoms with van der Waals surface area (Å²) in [6.45, 7) is 1.58. The summed E-state index contributed by atoms with van der Waals surface area (Å²) in [5.74, 6) is 2.09. The Morgan fingerprint density at radius 1 is 1.21 bits per heavy atom. The summed E-state index contributed by atoms with van der Waals surface area (Å²) >= 11 is 0. The van der Waals surface area contributed by atoms with Gasteiger partial charge in [0.1, 0.15) is 5.82 Å². The normalized spacial score (nSPS) is 22.4. The van der Waals surface area contributed by atoms with Gasteiger partial charge in [-0.3, -0.25) is 4.90 Å². The molecule has 1 aromatic rings. The number of aliphatic hydroxyl groups excluding tert-OH is 1. The molecule has 0 bridgehead atoms. The van der Waals surface area contributed by atoms with Gasteiger partial charge in [-0.1, -0.05) is 0 Å². The number of nitrogens with two attached hydrogens (primary N) is 1. The summed E-state index contributed by atoms with van der Waals surface area (Å²) in [4.78, 5) is 16.6. The molecule has 1 fully saturated rings. The largest absolute Gasteiger partial charge is 0.393 e. The molecule has 1 aliphatic rings. The molecule has 19 heavy (non-hydrogen) atoms. The van der Waals surface area contributed by atoms with Crippen molar-refractivity contribution in [1.82, 2.24) is 19.9 Å². The lowest BCUT2D eigenvalue weighted by Gasteiger charge is -2.34. The van der Waals surface area contributed by atoms with Gasteiger partial charge in [-0.25, -0.2) is 0 Å². The van der Waals surface area contributed by atoms with Gasteiger partial charge in [0.2, 0.25) is 11.9 Å². The molecule has 7 heteroatoms. The van der Waals surface area contributed by atoms with E-state index in [-0.39, 0.29) is 12.1 Å². The van der Waals surface area contributed by atoms with Gasteiger partial charge < -0.3 is 15.7 Å². The molecule has 0 aliphatic heterocycles. The fourth-order valence-electron chi connectivity index (χ4n) is 2.29. The van der Waals surface area contributed by atoms with Crippen LogP contribution in [0.2, 0.25) is 0 Å². The van der Waals surface area contributed by atoms with E-state index in [2.05, 4.69) is 19.9 Å². The molecule has 1 aliphatic carbocycles. The van der Waals surface area contributed by atoms with Gasteiger partial charge in [-0.05, 0) is 25.8 Å². The molecule has 0 radical (unpaired) electrons. The molecule has 0 atom stereocenters. The lowest BCUT2D eigenvalue weighted by molar-refractivity contribution is 0.0271. The molecule has 0 saturated heterocycles. The van der Waals surface area contributed by atoms with Crippen LogP contribution in [-0.4, -0.2) is 58.8 Å². The first-order valence-corrected chi connectivity index (χ1v) is 6.48. The summed E-state index contributed by atoms with van der Waals surface area (Å²) in [6.07, 6.45) is 1.69. The smallest absolute Gasteiger partial charge is 0.229 e. The second kappa shape index (κ2) is 5.66. The standard InChI is InChI=1S/C12H22N6O/c1-17(2)12-15-10(14-11(13)16-12)7-18(3)6-8-4-9(19)5-8/h8-9,19H,4-7H2,1-3H3,(H2,13,14,15,16). The first-order chi connectivity index (χ1) is 8.94. The highest BCUT2D eigenvalue weighted by atomic mass is 16.3. The number of anilines is 2. The van der Waals surface area contributed by atoms with Crippen LogP contribution in [0.4, 0.5) is 11.9 Å². The van der Waals surface area contributed by atoms with E-state index in [1.807, 2.05) is 26.0 Å². The van der Waals surface area contributed by atoms with Gasteiger partial charge in [-0.2, -0.15) is 15.0 Å². The molecule has 0 aromatic carbocycles. The summed E-state index contributed by atoms with van der Waals surface area (Å²) < 4.78 is 0. The van der Waals surface area contributed by atoms with Crippen molar-refractivity contribution >= 4 is 11.9 Å². The minimum absolute atomic E-state index is 0.105. The van der Waals surface area contributed by atoms with E-state index in [4.69, 9.17) is 5.73 Å². The minimum atomic E-state index is -0.105. The van der Waals surface area contributed by atoms with Crippen LogP contribution in [0.5, 0.6) is 0 Å². The maximum absolute atomic E-state index is 9.28. The third-order valence-corrected chi connectivity index (χ3v) is 3.28. The van der Waals surface area contributed by atoms with Crippen LogP contribution in [-0.2, 0) is 6.54 Å². The molecule has 0 spiro atoms. The van der Waals surface area contributed by atoms with Crippen molar-refractivity contribution in [1.29, 1.82) is 0 Å². The van der Waals surface area contributed by atoms with E-state index in [9.17, 15) is 5.11 Å². The first kappa shape index (κ1) is 14.0. The number of hydrogen-bond acceptors (Lipinski definition) is 7. The van der Waals surface area contributed by atoms with Gasteiger partial charge in [0.05, 0.1) is 12.6 Å². The highest BCUT2D eigenvalue weighted by molar-refractivity contribution is 5.32. The number of nitrogen functional groups attached to an aromatic ring is 1. The minimum Gasteiger partial charge on any atom is -0.393 e.